The molecule has 2 heterocycles. The highest BCUT2D eigenvalue weighted by atomic mass is 32.1. The van der Waals surface area contributed by atoms with Crippen LogP contribution in [0.3, 0.4) is 0 Å². The van der Waals surface area contributed by atoms with Crippen molar-refractivity contribution in [3.63, 3.8) is 0 Å². The van der Waals surface area contributed by atoms with E-state index in [0.29, 0.717) is 17.1 Å². The third-order valence-corrected chi connectivity index (χ3v) is 7.21. The Balaban J connectivity index is 1.55. The van der Waals surface area contributed by atoms with E-state index in [1.165, 1.54) is 11.5 Å². The summed E-state index contributed by atoms with van der Waals surface area (Å²) in [6.45, 7) is 0.402. The number of hydrogen-bond donors (Lipinski definition) is 3. The summed E-state index contributed by atoms with van der Waals surface area (Å²) >= 11 is 1.20. The number of aromatic nitrogens is 1. The number of nitrogens with zero attached hydrogens (tertiary/aromatic N) is 1. The zero-order valence-electron chi connectivity index (χ0n) is 19.8. The van der Waals surface area contributed by atoms with E-state index in [-0.39, 0.29) is 17.3 Å². The van der Waals surface area contributed by atoms with Crippen LogP contribution < -0.4 is 21.3 Å². The van der Waals surface area contributed by atoms with E-state index in [1.54, 1.807) is 0 Å². The number of ether oxygens (including phenoxy) is 1. The van der Waals surface area contributed by atoms with Crippen LogP contribution in [0.4, 0.5) is 10.7 Å². The lowest BCUT2D eigenvalue weighted by Crippen LogP contribution is -2.23. The van der Waals surface area contributed by atoms with Crippen molar-refractivity contribution in [2.24, 2.45) is 10.7 Å². The van der Waals surface area contributed by atoms with E-state index in [4.69, 9.17) is 15.5 Å². The highest BCUT2D eigenvalue weighted by molar-refractivity contribution is 7.10. The molecule has 0 amide bonds. The summed E-state index contributed by atoms with van der Waals surface area (Å²) in [6, 6.07) is 34.3. The highest BCUT2D eigenvalue weighted by Crippen LogP contribution is 2.39. The largest absolute Gasteiger partial charge is 0.457 e. The van der Waals surface area contributed by atoms with Crippen molar-refractivity contribution >= 4 is 28.1 Å². The number of fused-ring (bicyclic) bond motifs is 6. The number of H-pyrrole nitrogens is 1. The molecule has 1 unspecified atom stereocenters. The number of rotatable bonds is 3. The van der Waals surface area contributed by atoms with Gasteiger partial charge in [-0.1, -0.05) is 72.8 Å². The molecule has 1 aliphatic rings. The number of anilines is 2. The third-order valence-electron chi connectivity index (χ3n) is 6.41. The molecule has 4 bridgehead atoms. The van der Waals surface area contributed by atoms with Gasteiger partial charge in [-0.05, 0) is 58.6 Å². The van der Waals surface area contributed by atoms with Gasteiger partial charge in [0.25, 0.3) is 5.56 Å². The summed E-state index contributed by atoms with van der Waals surface area (Å²) in [6.07, 6.45) is 0. The zero-order chi connectivity index (χ0) is 25.2. The summed E-state index contributed by atoms with van der Waals surface area (Å²) in [7, 11) is 0. The summed E-state index contributed by atoms with van der Waals surface area (Å²) in [5, 5.41) is 3.99. The number of benzene rings is 4. The van der Waals surface area contributed by atoms with Crippen LogP contribution in [0.25, 0.3) is 11.1 Å². The second kappa shape index (κ2) is 9.79. The first-order chi connectivity index (χ1) is 18.2. The first kappa shape index (κ1) is 22.8. The monoisotopic (exact) mass is 504 g/mol. The van der Waals surface area contributed by atoms with E-state index in [0.717, 1.165) is 39.4 Å². The molecule has 6 nitrogen and oxygen atoms in total. The number of aromatic amines is 1. The Hall–Kier alpha value is -4.62. The highest BCUT2D eigenvalue weighted by Gasteiger charge is 2.20. The van der Waals surface area contributed by atoms with E-state index in [9.17, 15) is 4.79 Å². The topological polar surface area (TPSA) is 92.5 Å². The maximum atomic E-state index is 12.7. The number of nitrogens with one attached hydrogen (secondary N) is 2. The SMILES string of the molecule is NC1=NCC(c2ccccc2)c2cccc(c2)-c2cc(ccc2Oc2ccccc2)Nc2s[nH]c(=O)c21. The molecular formula is C30H24N4O2S. The minimum Gasteiger partial charge on any atom is -0.457 e. The van der Waals surface area contributed by atoms with Gasteiger partial charge in [-0.25, -0.2) is 0 Å². The minimum absolute atomic E-state index is 0.0451. The molecule has 0 fully saturated rings. The summed E-state index contributed by atoms with van der Waals surface area (Å²) in [5.41, 5.74) is 11.5. The predicted molar refractivity (Wildman–Crippen MR) is 150 cm³/mol. The molecule has 4 N–H and O–H groups in total. The molecule has 1 aromatic heterocycles. The van der Waals surface area contributed by atoms with Crippen LogP contribution in [-0.4, -0.2) is 16.8 Å². The molecule has 5 aromatic rings. The molecule has 1 atom stereocenters. The van der Waals surface area contributed by atoms with Gasteiger partial charge in [-0.15, -0.1) is 0 Å². The van der Waals surface area contributed by atoms with Crippen LogP contribution in [0.15, 0.2) is 113 Å². The molecule has 6 rings (SSSR count). The van der Waals surface area contributed by atoms with Crippen LogP contribution >= 0.6 is 11.5 Å². The summed E-state index contributed by atoms with van der Waals surface area (Å²) in [4.78, 5) is 17.4. The molecule has 37 heavy (non-hydrogen) atoms. The fourth-order valence-electron chi connectivity index (χ4n) is 4.57. The Kier molecular flexibility index (Phi) is 6.04. The van der Waals surface area contributed by atoms with Gasteiger partial charge >= 0.3 is 0 Å². The van der Waals surface area contributed by atoms with Crippen LogP contribution in [0.5, 0.6) is 11.5 Å². The van der Waals surface area contributed by atoms with E-state index in [2.05, 4.69) is 46.1 Å². The van der Waals surface area contributed by atoms with Crippen molar-refractivity contribution in [3.05, 3.63) is 130 Å². The molecule has 0 radical (unpaired) electrons. The van der Waals surface area contributed by atoms with E-state index >= 15 is 0 Å². The Morgan fingerprint density at radius 2 is 1.62 bits per heavy atom. The van der Waals surface area contributed by atoms with Gasteiger partial charge in [0.15, 0.2) is 0 Å². The minimum atomic E-state index is -0.260. The fraction of sp³-hybridized carbons (Fsp3) is 0.0667. The molecule has 0 saturated carbocycles. The van der Waals surface area contributed by atoms with Crippen molar-refractivity contribution in [3.8, 4) is 22.6 Å². The van der Waals surface area contributed by atoms with Gasteiger partial charge in [0.05, 0.1) is 6.54 Å². The summed E-state index contributed by atoms with van der Waals surface area (Å²) < 4.78 is 9.10. The van der Waals surface area contributed by atoms with Crippen LogP contribution in [-0.2, 0) is 0 Å². The van der Waals surface area contributed by atoms with Gasteiger partial charge in [-0.3, -0.25) is 14.2 Å². The Morgan fingerprint density at radius 3 is 2.43 bits per heavy atom. The van der Waals surface area contributed by atoms with E-state index < -0.39 is 0 Å². The maximum absolute atomic E-state index is 12.7. The number of hydrogen-bond acceptors (Lipinski definition) is 6. The van der Waals surface area contributed by atoms with Crippen molar-refractivity contribution < 1.29 is 4.74 Å². The van der Waals surface area contributed by atoms with Crippen molar-refractivity contribution in [2.75, 3.05) is 11.9 Å². The molecule has 7 heteroatoms. The van der Waals surface area contributed by atoms with Gasteiger partial charge < -0.3 is 15.8 Å². The lowest BCUT2D eigenvalue weighted by atomic mass is 9.89. The van der Waals surface area contributed by atoms with Gasteiger partial charge in [0.1, 0.15) is 27.9 Å². The van der Waals surface area contributed by atoms with Crippen molar-refractivity contribution in [1.29, 1.82) is 0 Å². The Bertz CT molecular complexity index is 1640. The average Bonchev–Trinajstić information content (AvgIpc) is 3.30. The first-order valence-electron chi connectivity index (χ1n) is 12.0. The normalized spacial score (nSPS) is 14.7. The molecule has 1 aliphatic heterocycles. The van der Waals surface area contributed by atoms with Gasteiger partial charge in [0.2, 0.25) is 0 Å². The zero-order valence-corrected chi connectivity index (χ0v) is 20.7. The number of amidine groups is 1. The molecular weight excluding hydrogens is 480 g/mol. The molecule has 0 aliphatic carbocycles. The third kappa shape index (κ3) is 4.64. The van der Waals surface area contributed by atoms with Gasteiger partial charge in [-0.2, -0.15) is 0 Å². The fourth-order valence-corrected chi connectivity index (χ4v) is 5.34. The molecule has 0 saturated heterocycles. The van der Waals surface area contributed by atoms with Crippen LogP contribution in [0.2, 0.25) is 0 Å². The smallest absolute Gasteiger partial charge is 0.271 e. The van der Waals surface area contributed by atoms with Gasteiger partial charge in [0, 0.05) is 17.2 Å². The van der Waals surface area contributed by atoms with Crippen LogP contribution in [0.1, 0.15) is 22.6 Å². The number of aliphatic imine (C=N–C) groups is 1. The standard InChI is InChI=1S/C30H24N4O2S/c31-28-27-29(35)34-37-30(27)33-22-14-15-26(36-23-12-5-2-6-13-23)24(17-22)20-10-7-11-21(16-20)25(18-32-28)19-8-3-1-4-9-19/h1-17,25,33H,18H2,(H2,31,32)(H,34,35). The molecule has 182 valence electrons. The molecule has 0 spiro atoms. The van der Waals surface area contributed by atoms with E-state index in [1.807, 2.05) is 66.7 Å². The number of nitrogens with two attached hydrogens (primary N) is 1. The average molecular weight is 505 g/mol. The van der Waals surface area contributed by atoms with Crippen LogP contribution in [0, 0.1) is 0 Å². The predicted octanol–water partition coefficient (Wildman–Crippen LogP) is 6.49. The second-order valence-electron chi connectivity index (χ2n) is 8.80. The Morgan fingerprint density at radius 1 is 0.865 bits per heavy atom. The number of para-hydroxylation sites is 1. The Labute approximate surface area is 218 Å². The lowest BCUT2D eigenvalue weighted by Gasteiger charge is -2.18. The first-order valence-corrected chi connectivity index (χ1v) is 12.8. The maximum Gasteiger partial charge on any atom is 0.271 e. The van der Waals surface area contributed by atoms with Crippen molar-refractivity contribution in [2.45, 2.75) is 5.92 Å². The lowest BCUT2D eigenvalue weighted by molar-refractivity contribution is 0.484. The van der Waals surface area contributed by atoms with Crippen molar-refractivity contribution in [1.82, 2.24) is 4.37 Å². The quantitative estimate of drug-likeness (QED) is 0.262. The molecule has 4 aromatic carbocycles. The second-order valence-corrected chi connectivity index (χ2v) is 9.62. The summed E-state index contributed by atoms with van der Waals surface area (Å²) in [5.74, 6) is 1.66.